The first-order valence-corrected chi connectivity index (χ1v) is 7.05. The smallest absolute Gasteiger partial charge is 0.239 e. The monoisotopic (exact) mass is 290 g/mol. The summed E-state index contributed by atoms with van der Waals surface area (Å²) in [6.45, 7) is 3.63. The molecule has 0 aliphatic heterocycles. The predicted molar refractivity (Wildman–Crippen MR) is 74.9 cm³/mol. The molecule has 0 aliphatic rings. The molecule has 1 aromatic heterocycles. The Balaban J connectivity index is 2.57. The number of carbonyl (C=O) groups excluding carboxylic acids is 1. The fraction of sp³-hybridized carbons (Fsp3) is 0.583. The van der Waals surface area contributed by atoms with Crippen molar-refractivity contribution in [3.8, 4) is 0 Å². The highest BCUT2D eigenvalue weighted by Gasteiger charge is 2.20. The Morgan fingerprint density at radius 2 is 2.33 bits per heavy atom. The SMILES string of the molecule is CCN(Cc1ccc(Cl)s1)C(=O)C(N)CCOC. The molecule has 1 aromatic rings. The van der Waals surface area contributed by atoms with Gasteiger partial charge in [0.05, 0.1) is 16.9 Å². The first kappa shape index (κ1) is 15.4. The molecule has 1 amide bonds. The molecule has 1 heterocycles. The number of ether oxygens (including phenoxy) is 1. The Bertz CT molecular complexity index is 384. The molecule has 0 fully saturated rings. The minimum atomic E-state index is -0.500. The summed E-state index contributed by atoms with van der Waals surface area (Å²) in [5.74, 6) is -0.0425. The van der Waals surface area contributed by atoms with Crippen molar-refractivity contribution in [3.63, 3.8) is 0 Å². The van der Waals surface area contributed by atoms with Crippen LogP contribution in [0.4, 0.5) is 0 Å². The standard InChI is InChI=1S/C12H19ClN2O2S/c1-3-15(8-9-4-5-11(13)18-9)12(16)10(14)6-7-17-2/h4-5,10H,3,6-8,14H2,1-2H3. The molecule has 0 bridgehead atoms. The molecule has 6 heteroatoms. The summed E-state index contributed by atoms with van der Waals surface area (Å²) >= 11 is 7.36. The van der Waals surface area contributed by atoms with E-state index >= 15 is 0 Å². The van der Waals surface area contributed by atoms with Gasteiger partial charge in [-0.3, -0.25) is 4.79 Å². The van der Waals surface area contributed by atoms with E-state index in [-0.39, 0.29) is 5.91 Å². The zero-order valence-corrected chi connectivity index (χ0v) is 12.3. The van der Waals surface area contributed by atoms with E-state index in [4.69, 9.17) is 22.1 Å². The maximum absolute atomic E-state index is 12.1. The molecule has 0 saturated heterocycles. The Morgan fingerprint density at radius 3 is 2.83 bits per heavy atom. The highest BCUT2D eigenvalue weighted by molar-refractivity contribution is 7.16. The number of halogens is 1. The van der Waals surface area contributed by atoms with Gasteiger partial charge in [-0.15, -0.1) is 11.3 Å². The first-order valence-electron chi connectivity index (χ1n) is 5.86. The van der Waals surface area contributed by atoms with Gasteiger partial charge >= 0.3 is 0 Å². The highest BCUT2D eigenvalue weighted by atomic mass is 35.5. The fourth-order valence-corrected chi connectivity index (χ4v) is 2.68. The second-order valence-electron chi connectivity index (χ2n) is 3.95. The number of hydrogen-bond acceptors (Lipinski definition) is 4. The first-order chi connectivity index (χ1) is 8.58. The third-order valence-corrected chi connectivity index (χ3v) is 3.84. The van der Waals surface area contributed by atoms with Crippen molar-refractivity contribution in [1.82, 2.24) is 4.90 Å². The molecule has 18 heavy (non-hydrogen) atoms. The average molecular weight is 291 g/mol. The Labute approximate surface area is 117 Å². The lowest BCUT2D eigenvalue weighted by Gasteiger charge is -2.23. The van der Waals surface area contributed by atoms with Crippen LogP contribution in [-0.4, -0.2) is 37.1 Å². The van der Waals surface area contributed by atoms with E-state index in [0.29, 0.717) is 26.1 Å². The van der Waals surface area contributed by atoms with Gasteiger partial charge in [0, 0.05) is 25.1 Å². The van der Waals surface area contributed by atoms with E-state index in [1.54, 1.807) is 12.0 Å². The highest BCUT2D eigenvalue weighted by Crippen LogP contribution is 2.22. The van der Waals surface area contributed by atoms with Crippen LogP contribution in [0.1, 0.15) is 18.2 Å². The average Bonchev–Trinajstić information content (AvgIpc) is 2.77. The molecule has 0 saturated carbocycles. The molecule has 1 unspecified atom stereocenters. The van der Waals surface area contributed by atoms with Crippen LogP contribution in [0.15, 0.2) is 12.1 Å². The maximum Gasteiger partial charge on any atom is 0.239 e. The number of methoxy groups -OCH3 is 1. The zero-order chi connectivity index (χ0) is 13.5. The number of carbonyl (C=O) groups is 1. The number of nitrogens with two attached hydrogens (primary N) is 1. The summed E-state index contributed by atoms with van der Waals surface area (Å²) in [5, 5.41) is 0. The van der Waals surface area contributed by atoms with Gasteiger partial charge in [-0.05, 0) is 25.5 Å². The molecule has 2 N–H and O–H groups in total. The Hall–Kier alpha value is -0.620. The molecular weight excluding hydrogens is 272 g/mol. The van der Waals surface area contributed by atoms with Gasteiger partial charge in [0.2, 0.25) is 5.91 Å². The Morgan fingerprint density at radius 1 is 1.61 bits per heavy atom. The van der Waals surface area contributed by atoms with E-state index < -0.39 is 6.04 Å². The van der Waals surface area contributed by atoms with Crippen LogP contribution in [0, 0.1) is 0 Å². The summed E-state index contributed by atoms with van der Waals surface area (Å²) in [6.07, 6.45) is 0.539. The van der Waals surface area contributed by atoms with Crippen molar-refractivity contribution in [2.75, 3.05) is 20.3 Å². The van der Waals surface area contributed by atoms with Gasteiger partial charge in [0.1, 0.15) is 0 Å². The van der Waals surface area contributed by atoms with Gasteiger partial charge in [-0.2, -0.15) is 0 Å². The number of rotatable bonds is 7. The van der Waals surface area contributed by atoms with Gasteiger partial charge in [0.15, 0.2) is 0 Å². The van der Waals surface area contributed by atoms with E-state index in [0.717, 1.165) is 9.21 Å². The second-order valence-corrected chi connectivity index (χ2v) is 5.75. The van der Waals surface area contributed by atoms with Crippen LogP contribution in [0.25, 0.3) is 0 Å². The lowest BCUT2D eigenvalue weighted by Crippen LogP contribution is -2.43. The van der Waals surface area contributed by atoms with Crippen molar-refractivity contribution in [1.29, 1.82) is 0 Å². The molecule has 1 rings (SSSR count). The largest absolute Gasteiger partial charge is 0.385 e. The van der Waals surface area contributed by atoms with Crippen LogP contribution >= 0.6 is 22.9 Å². The molecule has 0 aliphatic carbocycles. The predicted octanol–water partition coefficient (Wildman–Crippen LogP) is 2.11. The summed E-state index contributed by atoms with van der Waals surface area (Å²) in [7, 11) is 1.60. The molecular formula is C12H19ClN2O2S. The van der Waals surface area contributed by atoms with Crippen molar-refractivity contribution < 1.29 is 9.53 Å². The van der Waals surface area contributed by atoms with Gasteiger partial charge in [-0.1, -0.05) is 11.6 Å². The summed E-state index contributed by atoms with van der Waals surface area (Å²) in [4.78, 5) is 14.9. The Kier molecular flexibility index (Phi) is 6.63. The lowest BCUT2D eigenvalue weighted by molar-refractivity contribution is -0.133. The third-order valence-electron chi connectivity index (χ3n) is 2.62. The fourth-order valence-electron chi connectivity index (χ4n) is 1.57. The van der Waals surface area contributed by atoms with E-state index in [1.807, 2.05) is 19.1 Å². The quantitative estimate of drug-likeness (QED) is 0.837. The van der Waals surface area contributed by atoms with Crippen LogP contribution in [0.5, 0.6) is 0 Å². The molecule has 102 valence electrons. The maximum atomic E-state index is 12.1. The lowest BCUT2D eigenvalue weighted by atomic mass is 10.2. The van der Waals surface area contributed by atoms with Gasteiger partial charge < -0.3 is 15.4 Å². The molecule has 0 radical (unpaired) electrons. The van der Waals surface area contributed by atoms with Crippen molar-refractivity contribution in [2.24, 2.45) is 5.73 Å². The van der Waals surface area contributed by atoms with Crippen LogP contribution in [0.3, 0.4) is 0 Å². The summed E-state index contributed by atoms with van der Waals surface area (Å²) < 4.78 is 5.67. The van der Waals surface area contributed by atoms with Crippen LogP contribution in [-0.2, 0) is 16.1 Å². The van der Waals surface area contributed by atoms with E-state index in [1.165, 1.54) is 11.3 Å². The molecule has 4 nitrogen and oxygen atoms in total. The van der Waals surface area contributed by atoms with E-state index in [9.17, 15) is 4.79 Å². The van der Waals surface area contributed by atoms with Gasteiger partial charge in [0.25, 0.3) is 0 Å². The van der Waals surface area contributed by atoms with Crippen LogP contribution in [0.2, 0.25) is 4.34 Å². The number of hydrogen-bond donors (Lipinski definition) is 1. The van der Waals surface area contributed by atoms with Crippen molar-refractivity contribution in [2.45, 2.75) is 25.9 Å². The normalized spacial score (nSPS) is 12.4. The summed E-state index contributed by atoms with van der Waals surface area (Å²) in [5.41, 5.74) is 5.84. The molecule has 0 aromatic carbocycles. The second kappa shape index (κ2) is 7.74. The zero-order valence-electron chi connectivity index (χ0n) is 10.7. The van der Waals surface area contributed by atoms with Crippen molar-refractivity contribution >= 4 is 28.8 Å². The van der Waals surface area contributed by atoms with Crippen LogP contribution < -0.4 is 5.73 Å². The molecule has 0 spiro atoms. The molecule has 1 atom stereocenters. The minimum absolute atomic E-state index is 0.0425. The summed E-state index contributed by atoms with van der Waals surface area (Å²) in [6, 6.07) is 3.27. The third kappa shape index (κ3) is 4.57. The van der Waals surface area contributed by atoms with Gasteiger partial charge in [-0.25, -0.2) is 0 Å². The number of likely N-dealkylation sites (N-methyl/N-ethyl adjacent to an activating group) is 1. The minimum Gasteiger partial charge on any atom is -0.385 e. The number of thiophene rings is 1. The topological polar surface area (TPSA) is 55.6 Å². The number of amides is 1. The number of nitrogens with zero attached hydrogens (tertiary/aromatic N) is 1. The van der Waals surface area contributed by atoms with Crippen molar-refractivity contribution in [3.05, 3.63) is 21.3 Å². The van der Waals surface area contributed by atoms with E-state index in [2.05, 4.69) is 0 Å².